The van der Waals surface area contributed by atoms with Crippen LogP contribution in [0, 0.1) is 10.8 Å². The molecule has 5 aliphatic rings. The van der Waals surface area contributed by atoms with E-state index in [1.54, 1.807) is 12.1 Å². The summed E-state index contributed by atoms with van der Waals surface area (Å²) in [5, 5.41) is 51.5. The van der Waals surface area contributed by atoms with Crippen LogP contribution in [0.25, 0.3) is 0 Å². The summed E-state index contributed by atoms with van der Waals surface area (Å²) in [5.41, 5.74) is -0.614. The molecule has 3 amide bonds. The van der Waals surface area contributed by atoms with Crippen LogP contribution in [0.1, 0.15) is 54.4 Å². The van der Waals surface area contributed by atoms with Crippen LogP contribution in [-0.2, 0) is 9.59 Å². The van der Waals surface area contributed by atoms with Gasteiger partial charge in [-0.05, 0) is 30.4 Å². The number of nitrogens with zero attached hydrogens (tertiary/aromatic N) is 2. The zero-order chi connectivity index (χ0) is 27.7. The largest absolute Gasteiger partial charge is 0.492 e. The fourth-order valence-corrected chi connectivity index (χ4v) is 6.69. The van der Waals surface area contributed by atoms with Gasteiger partial charge in [-0.3, -0.25) is 30.1 Å². The van der Waals surface area contributed by atoms with Crippen molar-refractivity contribution < 1.29 is 29.3 Å². The molecule has 0 radical (unpaired) electrons. The van der Waals surface area contributed by atoms with Crippen LogP contribution in [0.15, 0.2) is 18.2 Å². The van der Waals surface area contributed by atoms with Crippen LogP contribution < -0.4 is 26.0 Å². The summed E-state index contributed by atoms with van der Waals surface area (Å²) in [6.07, 6.45) is 1.93. The van der Waals surface area contributed by atoms with Crippen LogP contribution in [0.2, 0.25) is 0 Å². The Bertz CT molecular complexity index is 1270. The smallest absolute Gasteiger partial charge is 0.255 e. The van der Waals surface area contributed by atoms with Gasteiger partial charge in [0, 0.05) is 19.4 Å². The fourth-order valence-electron chi connectivity index (χ4n) is 6.69. The van der Waals surface area contributed by atoms with Crippen LogP contribution in [0.4, 0.5) is 0 Å². The third-order valence-electron chi connectivity index (χ3n) is 8.67. The Morgan fingerprint density at radius 3 is 2.67 bits per heavy atom. The van der Waals surface area contributed by atoms with E-state index in [1.807, 2.05) is 6.07 Å². The fraction of sp³-hybridized carbons (Fsp3) is 0.560. The molecule has 3 unspecified atom stereocenters. The molecule has 4 fully saturated rings. The van der Waals surface area contributed by atoms with Crippen molar-refractivity contribution in [3.63, 3.8) is 0 Å². The summed E-state index contributed by atoms with van der Waals surface area (Å²) in [5.74, 6) is -3.60. The third-order valence-corrected chi connectivity index (χ3v) is 8.67. The molecule has 0 aromatic heterocycles. The Balaban J connectivity index is 1.30. The van der Waals surface area contributed by atoms with Gasteiger partial charge >= 0.3 is 0 Å². The average molecular weight is 541 g/mol. The third kappa shape index (κ3) is 3.58. The number of imide groups is 1. The summed E-state index contributed by atoms with van der Waals surface area (Å²) < 4.78 is 5.86. The number of hydrogen-bond donors (Lipinski definition) is 8. The zero-order valence-electron chi connectivity index (χ0n) is 21.4. The molecule has 39 heavy (non-hydrogen) atoms. The number of nitrogens with one attached hydrogen (secondary N) is 6. The summed E-state index contributed by atoms with van der Waals surface area (Å²) in [6, 6.07) is 2.30. The van der Waals surface area contributed by atoms with E-state index in [9.17, 15) is 24.6 Å². The summed E-state index contributed by atoms with van der Waals surface area (Å²) in [6.45, 7) is 2.27. The summed E-state index contributed by atoms with van der Waals surface area (Å²) >= 11 is 0. The topological polar surface area (TPSA) is 203 Å². The predicted octanol–water partition coefficient (Wildman–Crippen LogP) is -1.69. The lowest BCUT2D eigenvalue weighted by molar-refractivity contribution is -0.232. The van der Waals surface area contributed by atoms with Crippen molar-refractivity contribution in [2.75, 3.05) is 19.7 Å². The predicted molar refractivity (Wildman–Crippen MR) is 136 cm³/mol. The first kappa shape index (κ1) is 25.4. The van der Waals surface area contributed by atoms with Gasteiger partial charge in [-0.25, -0.2) is 0 Å². The lowest BCUT2D eigenvalue weighted by Gasteiger charge is -2.51. The van der Waals surface area contributed by atoms with Crippen molar-refractivity contribution >= 4 is 29.6 Å². The maximum absolute atomic E-state index is 13.5. The van der Waals surface area contributed by atoms with E-state index in [1.165, 1.54) is 4.90 Å². The molecule has 14 heteroatoms. The van der Waals surface area contributed by atoms with Gasteiger partial charge in [-0.1, -0.05) is 19.1 Å². The number of amides is 3. The second kappa shape index (κ2) is 8.81. The van der Waals surface area contributed by atoms with Crippen molar-refractivity contribution in [1.82, 2.24) is 31.1 Å². The Morgan fingerprint density at radius 1 is 1.21 bits per heavy atom. The van der Waals surface area contributed by atoms with E-state index in [-0.39, 0.29) is 61.1 Å². The van der Waals surface area contributed by atoms with Gasteiger partial charge < -0.3 is 41.1 Å². The minimum atomic E-state index is -2.67. The number of benzene rings is 1. The normalized spacial score (nSPS) is 32.5. The molecule has 0 aliphatic carbocycles. The molecule has 5 heterocycles. The summed E-state index contributed by atoms with van der Waals surface area (Å²) in [4.78, 5) is 40.5. The quantitative estimate of drug-likeness (QED) is 0.157. The second-order valence-electron chi connectivity index (χ2n) is 10.7. The number of guanidine groups is 2. The van der Waals surface area contributed by atoms with Crippen LogP contribution in [0.3, 0.4) is 0 Å². The lowest BCUT2D eigenvalue weighted by Crippen LogP contribution is -2.81. The highest BCUT2D eigenvalue weighted by Crippen LogP contribution is 2.44. The number of aliphatic hydroxyl groups is 2. The molecule has 4 saturated heterocycles. The minimum Gasteiger partial charge on any atom is -0.492 e. The average Bonchev–Trinajstić information content (AvgIpc) is 3.50. The first-order valence-electron chi connectivity index (χ1n) is 13.2. The van der Waals surface area contributed by atoms with Gasteiger partial charge in [-0.15, -0.1) is 0 Å². The number of carbonyl (C=O) groups excluding carboxylic acids is 3. The van der Waals surface area contributed by atoms with Crippen molar-refractivity contribution in [1.29, 1.82) is 10.8 Å². The Hall–Kier alpha value is -3.91. The second-order valence-corrected chi connectivity index (χ2v) is 10.7. The number of rotatable bonds is 5. The first-order chi connectivity index (χ1) is 18.6. The van der Waals surface area contributed by atoms with Gasteiger partial charge in [0.1, 0.15) is 11.8 Å². The van der Waals surface area contributed by atoms with Gasteiger partial charge in [0.15, 0.2) is 17.6 Å². The number of ether oxygens (including phenoxy) is 1. The monoisotopic (exact) mass is 540 g/mol. The number of para-hydroxylation sites is 1. The minimum absolute atomic E-state index is 0.0936. The van der Waals surface area contributed by atoms with Crippen LogP contribution in [0.5, 0.6) is 5.75 Å². The number of likely N-dealkylation sites (tertiary alicyclic amines) is 1. The molecule has 5 aliphatic heterocycles. The van der Waals surface area contributed by atoms with Gasteiger partial charge in [0.25, 0.3) is 5.91 Å². The Labute approximate surface area is 224 Å². The van der Waals surface area contributed by atoms with E-state index < -0.39 is 35.5 Å². The van der Waals surface area contributed by atoms with Crippen molar-refractivity contribution in [2.24, 2.45) is 0 Å². The molecule has 208 valence electrons. The maximum Gasteiger partial charge on any atom is 0.255 e. The molecule has 14 nitrogen and oxygen atoms in total. The molecular weight excluding hydrogens is 508 g/mol. The Kier molecular flexibility index (Phi) is 5.73. The van der Waals surface area contributed by atoms with E-state index in [0.29, 0.717) is 12.4 Å². The lowest BCUT2D eigenvalue weighted by atomic mass is 9.84. The number of fused-ring (bicyclic) bond motifs is 1. The first-order valence-corrected chi connectivity index (χ1v) is 13.2. The van der Waals surface area contributed by atoms with Gasteiger partial charge in [-0.2, -0.15) is 0 Å². The van der Waals surface area contributed by atoms with Crippen molar-refractivity contribution in [2.45, 2.75) is 68.1 Å². The Morgan fingerprint density at radius 2 is 1.95 bits per heavy atom. The highest BCUT2D eigenvalue weighted by molar-refractivity contribution is 6.02. The molecule has 5 atom stereocenters. The molecule has 1 spiro atoms. The number of carbonyl (C=O) groups is 3. The molecular formula is C25H32N8O6. The van der Waals surface area contributed by atoms with E-state index in [4.69, 9.17) is 15.6 Å². The molecule has 0 bridgehead atoms. The maximum atomic E-state index is 13.5. The molecule has 6 rings (SSSR count). The van der Waals surface area contributed by atoms with Crippen molar-refractivity contribution in [3.05, 3.63) is 29.3 Å². The van der Waals surface area contributed by atoms with Crippen molar-refractivity contribution in [3.8, 4) is 5.75 Å². The van der Waals surface area contributed by atoms with Crippen LogP contribution >= 0.6 is 0 Å². The molecule has 1 aromatic carbocycles. The molecule has 8 N–H and O–H groups in total. The summed E-state index contributed by atoms with van der Waals surface area (Å²) in [7, 11) is 0. The zero-order valence-corrected chi connectivity index (χ0v) is 21.4. The highest BCUT2D eigenvalue weighted by atomic mass is 16.5. The highest BCUT2D eigenvalue weighted by Gasteiger charge is 2.74. The van der Waals surface area contributed by atoms with E-state index >= 15 is 0 Å². The standard InChI is InChI=1S/C25H32N8O6/c1-2-12-8-9-39-19-13(12)4-3-5-14(19)21(36)29-16-11-33-23(27)28-15(10-32-17(34)6-7-18(32)35)20-24(33,25(16,37)38)31-22(26)30-20/h3-5,12,15-16,20,37-38H,2,6-11H2,1H3,(H2,27,28)(H,29,36)(H3,26,30,31)/t12?,15-,16?,20-,24?/m0/s1. The van der Waals surface area contributed by atoms with Gasteiger partial charge in [0.05, 0.1) is 30.8 Å². The SMILES string of the molecule is CCC1CCOc2c(C(=O)NC3CN4C(=N)N[C@@H](CN5C(=O)CCC5=O)[C@@H]5NC(=N)NC54C3(O)O)cccc21. The number of hydrogen-bond acceptors (Lipinski definition) is 8. The van der Waals surface area contributed by atoms with E-state index in [0.717, 1.165) is 23.3 Å². The van der Waals surface area contributed by atoms with Crippen LogP contribution in [-0.4, -0.2) is 98.9 Å². The molecule has 0 saturated carbocycles. The van der Waals surface area contributed by atoms with E-state index in [2.05, 4.69) is 28.2 Å². The molecule has 1 aromatic rings. The van der Waals surface area contributed by atoms with Gasteiger partial charge in [0.2, 0.25) is 17.6 Å².